The van der Waals surface area contributed by atoms with E-state index < -0.39 is 0 Å². The van der Waals surface area contributed by atoms with Gasteiger partial charge in [-0.15, -0.1) is 0 Å². The molecular weight excluding hydrogens is 298 g/mol. The molecule has 0 aliphatic rings. The molecule has 0 fully saturated rings. The Morgan fingerprint density at radius 1 is 1.18 bits per heavy atom. The summed E-state index contributed by atoms with van der Waals surface area (Å²) in [5.74, 6) is 2.75. The lowest BCUT2D eigenvalue weighted by Gasteiger charge is -2.18. The summed E-state index contributed by atoms with van der Waals surface area (Å²) in [5, 5.41) is 0.929. The molecule has 0 radical (unpaired) electrons. The van der Waals surface area contributed by atoms with Gasteiger partial charge in [-0.2, -0.15) is 4.37 Å². The zero-order valence-corrected chi connectivity index (χ0v) is 14.8. The summed E-state index contributed by atoms with van der Waals surface area (Å²) >= 11 is 1.44. The van der Waals surface area contributed by atoms with Crippen LogP contribution in [0.15, 0.2) is 12.1 Å². The van der Waals surface area contributed by atoms with Crippen molar-refractivity contribution in [3.05, 3.63) is 29.1 Å². The molecule has 5 nitrogen and oxygen atoms in total. The Balaban J connectivity index is 2.21. The third-order valence-corrected chi connectivity index (χ3v) is 4.37. The Kier molecular flexibility index (Phi) is 5.24. The van der Waals surface area contributed by atoms with E-state index in [9.17, 15) is 0 Å². The van der Waals surface area contributed by atoms with Crippen LogP contribution in [0.1, 0.15) is 36.7 Å². The largest absolute Gasteiger partial charge is 0.493 e. The van der Waals surface area contributed by atoms with Gasteiger partial charge in [0.25, 0.3) is 0 Å². The molecule has 0 N–H and O–H groups in total. The van der Waals surface area contributed by atoms with Gasteiger partial charge in [-0.1, -0.05) is 13.8 Å². The second kappa shape index (κ2) is 6.96. The molecule has 1 aromatic heterocycles. The van der Waals surface area contributed by atoms with Crippen molar-refractivity contribution in [3.8, 4) is 11.5 Å². The van der Waals surface area contributed by atoms with Crippen LogP contribution in [-0.4, -0.2) is 30.6 Å². The van der Waals surface area contributed by atoms with Crippen molar-refractivity contribution < 1.29 is 9.47 Å². The highest BCUT2D eigenvalue weighted by molar-refractivity contribution is 7.09. The molecule has 0 unspecified atom stereocenters. The highest BCUT2D eigenvalue weighted by Crippen LogP contribution is 2.31. The highest BCUT2D eigenvalue weighted by Gasteiger charge is 2.14. The van der Waals surface area contributed by atoms with Gasteiger partial charge in [-0.3, -0.25) is 0 Å². The van der Waals surface area contributed by atoms with Crippen molar-refractivity contribution in [2.24, 2.45) is 0 Å². The van der Waals surface area contributed by atoms with Crippen molar-refractivity contribution in [3.63, 3.8) is 0 Å². The molecule has 0 saturated heterocycles. The van der Waals surface area contributed by atoms with Crippen LogP contribution >= 0.6 is 11.5 Å². The molecule has 22 heavy (non-hydrogen) atoms. The minimum Gasteiger partial charge on any atom is -0.493 e. The molecule has 0 spiro atoms. The lowest BCUT2D eigenvalue weighted by molar-refractivity contribution is 0.354. The fourth-order valence-electron chi connectivity index (χ4n) is 2.13. The molecule has 2 aromatic rings. The maximum absolute atomic E-state index is 5.39. The van der Waals surface area contributed by atoms with Crippen molar-refractivity contribution in [2.75, 3.05) is 26.2 Å². The number of hydrogen-bond acceptors (Lipinski definition) is 6. The van der Waals surface area contributed by atoms with E-state index in [4.69, 9.17) is 9.47 Å². The lowest BCUT2D eigenvalue weighted by atomic mass is 10.1. The molecule has 0 aliphatic heterocycles. The monoisotopic (exact) mass is 321 g/mol. The lowest BCUT2D eigenvalue weighted by Crippen LogP contribution is -2.17. The Bertz CT molecular complexity index is 640. The van der Waals surface area contributed by atoms with Gasteiger partial charge in [0.2, 0.25) is 5.13 Å². The summed E-state index contributed by atoms with van der Waals surface area (Å²) < 4.78 is 15.1. The molecule has 2 rings (SSSR count). The van der Waals surface area contributed by atoms with E-state index >= 15 is 0 Å². The minimum atomic E-state index is 0.348. The SMILES string of the molecule is COc1cc(C)c(CN(C)c2nc(C(C)C)ns2)cc1OC. The highest BCUT2D eigenvalue weighted by atomic mass is 32.1. The van der Waals surface area contributed by atoms with Gasteiger partial charge < -0.3 is 14.4 Å². The number of rotatable bonds is 6. The van der Waals surface area contributed by atoms with E-state index in [2.05, 4.69) is 35.0 Å². The van der Waals surface area contributed by atoms with E-state index in [0.29, 0.717) is 5.92 Å². The molecule has 0 atom stereocenters. The van der Waals surface area contributed by atoms with E-state index in [1.165, 1.54) is 17.1 Å². The van der Waals surface area contributed by atoms with Crippen molar-refractivity contribution >= 4 is 16.7 Å². The summed E-state index contributed by atoms with van der Waals surface area (Å²) in [6, 6.07) is 4.02. The minimum absolute atomic E-state index is 0.348. The van der Waals surface area contributed by atoms with Gasteiger partial charge in [0.1, 0.15) is 5.82 Å². The zero-order valence-electron chi connectivity index (χ0n) is 14.0. The van der Waals surface area contributed by atoms with Gasteiger partial charge in [0.05, 0.1) is 14.2 Å². The fraction of sp³-hybridized carbons (Fsp3) is 0.500. The van der Waals surface area contributed by atoms with Crippen molar-refractivity contribution in [2.45, 2.75) is 33.2 Å². The first-order valence-electron chi connectivity index (χ1n) is 7.22. The van der Waals surface area contributed by atoms with E-state index in [-0.39, 0.29) is 0 Å². The summed E-state index contributed by atoms with van der Waals surface area (Å²) in [6.45, 7) is 7.03. The smallest absolute Gasteiger partial charge is 0.205 e. The molecule has 0 aliphatic carbocycles. The first kappa shape index (κ1) is 16.5. The van der Waals surface area contributed by atoms with Crippen LogP contribution in [-0.2, 0) is 6.54 Å². The first-order valence-corrected chi connectivity index (χ1v) is 7.99. The molecule has 0 bridgehead atoms. The molecule has 6 heteroatoms. The summed E-state index contributed by atoms with van der Waals surface area (Å²) in [7, 11) is 5.33. The van der Waals surface area contributed by atoms with Crippen LogP contribution < -0.4 is 14.4 Å². The Hall–Kier alpha value is -1.82. The van der Waals surface area contributed by atoms with Gasteiger partial charge in [-0.05, 0) is 30.2 Å². The van der Waals surface area contributed by atoms with Crippen LogP contribution in [0.2, 0.25) is 0 Å². The van der Waals surface area contributed by atoms with Gasteiger partial charge in [0.15, 0.2) is 11.5 Å². The predicted molar refractivity (Wildman–Crippen MR) is 90.4 cm³/mol. The quantitative estimate of drug-likeness (QED) is 0.813. The number of aryl methyl sites for hydroxylation is 1. The number of nitrogens with zero attached hydrogens (tertiary/aromatic N) is 3. The standard InChI is InChI=1S/C16H23N3O2S/c1-10(2)15-17-16(22-18-15)19(4)9-12-8-14(21-6)13(20-5)7-11(12)3/h7-8,10H,9H2,1-6H3. The van der Waals surface area contributed by atoms with Crippen molar-refractivity contribution in [1.29, 1.82) is 0 Å². The average molecular weight is 321 g/mol. The van der Waals surface area contributed by atoms with Crippen LogP contribution in [0.5, 0.6) is 11.5 Å². The summed E-state index contributed by atoms with van der Waals surface area (Å²) in [5.41, 5.74) is 2.35. The maximum atomic E-state index is 5.39. The number of benzene rings is 1. The Labute approximate surface area is 136 Å². The number of ether oxygens (including phenoxy) is 2. The van der Waals surface area contributed by atoms with Gasteiger partial charge >= 0.3 is 0 Å². The van der Waals surface area contributed by atoms with Crippen LogP contribution in [0.3, 0.4) is 0 Å². The Morgan fingerprint density at radius 3 is 2.36 bits per heavy atom. The fourth-order valence-corrected chi connectivity index (χ4v) is 2.90. The first-order chi connectivity index (χ1) is 10.5. The van der Waals surface area contributed by atoms with E-state index in [0.717, 1.165) is 34.6 Å². The maximum Gasteiger partial charge on any atom is 0.205 e. The third kappa shape index (κ3) is 3.50. The summed E-state index contributed by atoms with van der Waals surface area (Å²) in [6.07, 6.45) is 0. The summed E-state index contributed by atoms with van der Waals surface area (Å²) in [4.78, 5) is 6.70. The van der Waals surface area contributed by atoms with Gasteiger partial charge in [-0.25, -0.2) is 4.98 Å². The predicted octanol–water partition coefficient (Wildman–Crippen LogP) is 3.62. The van der Waals surface area contributed by atoms with Crippen molar-refractivity contribution in [1.82, 2.24) is 9.36 Å². The molecule has 1 heterocycles. The normalized spacial score (nSPS) is 10.9. The zero-order chi connectivity index (χ0) is 16.3. The second-order valence-electron chi connectivity index (χ2n) is 5.58. The second-order valence-corrected chi connectivity index (χ2v) is 6.31. The molecule has 0 saturated carbocycles. The van der Waals surface area contributed by atoms with Crippen LogP contribution in [0.4, 0.5) is 5.13 Å². The molecule has 0 amide bonds. The average Bonchev–Trinajstić information content (AvgIpc) is 2.99. The number of aromatic nitrogens is 2. The number of hydrogen-bond donors (Lipinski definition) is 0. The van der Waals surface area contributed by atoms with Crippen LogP contribution in [0, 0.1) is 6.92 Å². The molecule has 120 valence electrons. The van der Waals surface area contributed by atoms with Gasteiger partial charge in [0, 0.05) is 31.0 Å². The Morgan fingerprint density at radius 2 is 1.82 bits per heavy atom. The van der Waals surface area contributed by atoms with E-state index in [1.807, 2.05) is 19.2 Å². The topological polar surface area (TPSA) is 47.5 Å². The van der Waals surface area contributed by atoms with Crippen LogP contribution in [0.25, 0.3) is 0 Å². The third-order valence-electron chi connectivity index (χ3n) is 3.52. The molecular formula is C16H23N3O2S. The van der Waals surface area contributed by atoms with E-state index in [1.54, 1.807) is 14.2 Å². The number of methoxy groups -OCH3 is 2. The molecule has 1 aromatic carbocycles. The number of anilines is 1.